The highest BCUT2D eigenvalue weighted by atomic mass is 28.4. The van der Waals surface area contributed by atoms with Gasteiger partial charge in [0.2, 0.25) is 5.95 Å². The molecule has 0 saturated carbocycles. The van der Waals surface area contributed by atoms with Crippen LogP contribution in [0, 0.1) is 0 Å². The van der Waals surface area contributed by atoms with E-state index in [-0.39, 0.29) is 5.04 Å². The molecule has 2 heterocycles. The summed E-state index contributed by atoms with van der Waals surface area (Å²) in [7, 11) is -0.0260. The molecule has 1 amide bonds. The fourth-order valence-corrected chi connectivity index (χ4v) is 4.54. The Bertz CT molecular complexity index is 1240. The van der Waals surface area contributed by atoms with Gasteiger partial charge in [0.05, 0.1) is 17.6 Å². The Hall–Kier alpha value is -3.24. The second-order valence-electron chi connectivity index (χ2n) is 12.0. The molecule has 206 valence electrons. The Kier molecular flexibility index (Phi) is 8.99. The van der Waals surface area contributed by atoms with Crippen LogP contribution in [0.1, 0.15) is 52.7 Å². The topological polar surface area (TPSA) is 103 Å². The molecule has 0 aliphatic rings. The van der Waals surface area contributed by atoms with Gasteiger partial charge in [-0.05, 0) is 68.6 Å². The first kappa shape index (κ1) is 29.3. The number of aromatic nitrogens is 4. The predicted molar refractivity (Wildman–Crippen MR) is 154 cm³/mol. The predicted octanol–water partition coefficient (Wildman–Crippen LogP) is 6.21. The van der Waals surface area contributed by atoms with Crippen molar-refractivity contribution in [3.63, 3.8) is 0 Å². The standard InChI is InChI=1S/C28H42N6O3Si/c1-27(2,3)37-26(35)30-17-22-11-10-21(16-20(22)13-15-36-38(8,9)28(4,5)6)24-12-14-29-25(33-24)32-23-18-31-34(7)19-23/h10-12,14,16,18-19H,13,15,17H2,1-9H3,(H,30,35)(H,29,32,33). The highest BCUT2D eigenvalue weighted by Gasteiger charge is 2.36. The van der Waals surface area contributed by atoms with Gasteiger partial charge in [0.1, 0.15) is 5.60 Å². The van der Waals surface area contributed by atoms with E-state index in [0.29, 0.717) is 19.1 Å². The minimum atomic E-state index is -1.89. The second-order valence-corrected chi connectivity index (χ2v) is 16.8. The van der Waals surface area contributed by atoms with Gasteiger partial charge in [-0.3, -0.25) is 4.68 Å². The number of rotatable bonds is 9. The van der Waals surface area contributed by atoms with Crippen molar-refractivity contribution >= 4 is 26.0 Å². The third kappa shape index (κ3) is 8.39. The number of alkyl carbamates (subject to hydrolysis) is 1. The molecular weight excluding hydrogens is 496 g/mol. The van der Waals surface area contributed by atoms with E-state index < -0.39 is 20.0 Å². The van der Waals surface area contributed by atoms with Crippen molar-refractivity contribution in [1.29, 1.82) is 0 Å². The maximum Gasteiger partial charge on any atom is 0.407 e. The highest BCUT2D eigenvalue weighted by molar-refractivity contribution is 6.74. The number of nitrogens with zero attached hydrogens (tertiary/aromatic N) is 4. The Morgan fingerprint density at radius 1 is 1.08 bits per heavy atom. The van der Waals surface area contributed by atoms with E-state index in [1.807, 2.05) is 52.2 Å². The van der Waals surface area contributed by atoms with Gasteiger partial charge in [0.15, 0.2) is 8.32 Å². The van der Waals surface area contributed by atoms with Crippen LogP contribution in [-0.4, -0.2) is 46.4 Å². The number of aryl methyl sites for hydroxylation is 1. The summed E-state index contributed by atoms with van der Waals surface area (Å²) in [6, 6.07) is 8.06. The zero-order chi connectivity index (χ0) is 28.1. The van der Waals surface area contributed by atoms with Gasteiger partial charge in [-0.25, -0.2) is 14.8 Å². The maximum atomic E-state index is 12.3. The maximum absolute atomic E-state index is 12.3. The summed E-state index contributed by atoms with van der Waals surface area (Å²) >= 11 is 0. The molecule has 0 bridgehead atoms. The molecule has 0 spiro atoms. The van der Waals surface area contributed by atoms with Crippen LogP contribution in [0.4, 0.5) is 16.4 Å². The quantitative estimate of drug-likeness (QED) is 0.312. The molecule has 0 atom stereocenters. The Labute approximate surface area is 227 Å². The molecule has 3 rings (SSSR count). The lowest BCUT2D eigenvalue weighted by Crippen LogP contribution is -2.41. The number of carbonyl (C=O) groups is 1. The van der Waals surface area contributed by atoms with Crippen LogP contribution in [0.25, 0.3) is 11.3 Å². The molecule has 3 aromatic rings. The molecule has 0 unspecified atom stereocenters. The average molecular weight is 539 g/mol. The highest BCUT2D eigenvalue weighted by Crippen LogP contribution is 2.36. The van der Waals surface area contributed by atoms with Gasteiger partial charge in [-0.1, -0.05) is 32.9 Å². The molecule has 2 aromatic heterocycles. The van der Waals surface area contributed by atoms with E-state index in [4.69, 9.17) is 14.1 Å². The summed E-state index contributed by atoms with van der Waals surface area (Å²) in [5, 5.41) is 10.4. The molecule has 0 saturated heterocycles. The van der Waals surface area contributed by atoms with E-state index in [2.05, 4.69) is 60.6 Å². The molecule has 0 aliphatic heterocycles. The summed E-state index contributed by atoms with van der Waals surface area (Å²) in [4.78, 5) is 21.4. The van der Waals surface area contributed by atoms with Crippen molar-refractivity contribution in [1.82, 2.24) is 25.1 Å². The zero-order valence-corrected chi connectivity index (χ0v) is 25.2. The molecule has 2 N–H and O–H groups in total. The molecule has 0 radical (unpaired) electrons. The minimum Gasteiger partial charge on any atom is -0.444 e. The summed E-state index contributed by atoms with van der Waals surface area (Å²) in [6.07, 6.45) is 5.61. The number of anilines is 2. The lowest BCUT2D eigenvalue weighted by Gasteiger charge is -2.36. The Morgan fingerprint density at radius 2 is 1.82 bits per heavy atom. The molecule has 1 aromatic carbocycles. The molecular formula is C28H42N6O3Si. The first-order valence-electron chi connectivity index (χ1n) is 12.9. The van der Waals surface area contributed by atoms with E-state index in [1.165, 1.54) is 0 Å². The van der Waals surface area contributed by atoms with Crippen LogP contribution in [-0.2, 0) is 29.2 Å². The number of hydrogen-bond acceptors (Lipinski definition) is 7. The first-order chi connectivity index (χ1) is 17.6. The van der Waals surface area contributed by atoms with Crippen LogP contribution in [0.3, 0.4) is 0 Å². The van der Waals surface area contributed by atoms with Crippen molar-refractivity contribution in [3.05, 3.63) is 54.0 Å². The average Bonchev–Trinajstić information content (AvgIpc) is 3.20. The third-order valence-electron chi connectivity index (χ3n) is 6.58. The van der Waals surface area contributed by atoms with E-state index >= 15 is 0 Å². The molecule has 10 heteroatoms. The van der Waals surface area contributed by atoms with Crippen LogP contribution < -0.4 is 10.6 Å². The lowest BCUT2D eigenvalue weighted by atomic mass is 10.00. The van der Waals surface area contributed by atoms with Crippen molar-refractivity contribution in [2.45, 2.75) is 78.2 Å². The van der Waals surface area contributed by atoms with Crippen molar-refractivity contribution < 1.29 is 14.0 Å². The smallest absolute Gasteiger partial charge is 0.407 e. The Balaban J connectivity index is 1.83. The number of carbonyl (C=O) groups excluding carboxylic acids is 1. The number of amides is 1. The minimum absolute atomic E-state index is 0.134. The van der Waals surface area contributed by atoms with Crippen LogP contribution in [0.2, 0.25) is 18.1 Å². The number of hydrogen-bond donors (Lipinski definition) is 2. The molecule has 0 fully saturated rings. The third-order valence-corrected chi connectivity index (χ3v) is 11.1. The van der Waals surface area contributed by atoms with Gasteiger partial charge < -0.3 is 19.8 Å². The van der Waals surface area contributed by atoms with Crippen LogP contribution in [0.15, 0.2) is 42.9 Å². The molecule has 9 nitrogen and oxygen atoms in total. The van der Waals surface area contributed by atoms with Crippen LogP contribution >= 0.6 is 0 Å². The number of nitrogens with one attached hydrogen (secondary N) is 2. The van der Waals surface area contributed by atoms with E-state index in [9.17, 15) is 4.79 Å². The molecule has 38 heavy (non-hydrogen) atoms. The fraction of sp³-hybridized carbons (Fsp3) is 0.500. The largest absolute Gasteiger partial charge is 0.444 e. The van der Waals surface area contributed by atoms with Gasteiger partial charge in [0, 0.05) is 38.2 Å². The number of ether oxygens (including phenoxy) is 1. The van der Waals surface area contributed by atoms with Gasteiger partial charge in [-0.15, -0.1) is 0 Å². The Morgan fingerprint density at radius 3 is 2.45 bits per heavy atom. The van der Waals surface area contributed by atoms with E-state index in [0.717, 1.165) is 34.5 Å². The fourth-order valence-electron chi connectivity index (χ4n) is 3.50. The monoisotopic (exact) mass is 538 g/mol. The summed E-state index contributed by atoms with van der Waals surface area (Å²) in [5.41, 5.74) is 4.13. The summed E-state index contributed by atoms with van der Waals surface area (Å²) in [6.45, 7) is 17.8. The van der Waals surface area contributed by atoms with Crippen molar-refractivity contribution in [2.24, 2.45) is 7.05 Å². The van der Waals surface area contributed by atoms with Gasteiger partial charge in [0.25, 0.3) is 0 Å². The SMILES string of the molecule is Cn1cc(Nc2nccc(-c3ccc(CNC(=O)OC(C)(C)C)c(CCO[Si](C)(C)C(C)(C)C)c3)n2)cn1. The van der Waals surface area contributed by atoms with Gasteiger partial charge >= 0.3 is 6.09 Å². The summed E-state index contributed by atoms with van der Waals surface area (Å²) < 4.78 is 13.6. The summed E-state index contributed by atoms with van der Waals surface area (Å²) in [5.74, 6) is 0.494. The van der Waals surface area contributed by atoms with Crippen LogP contribution in [0.5, 0.6) is 0 Å². The number of benzene rings is 1. The first-order valence-corrected chi connectivity index (χ1v) is 15.9. The van der Waals surface area contributed by atoms with Crippen molar-refractivity contribution in [2.75, 3.05) is 11.9 Å². The molecule has 0 aliphatic carbocycles. The zero-order valence-electron chi connectivity index (χ0n) is 24.2. The van der Waals surface area contributed by atoms with Crippen molar-refractivity contribution in [3.8, 4) is 11.3 Å². The van der Waals surface area contributed by atoms with E-state index in [1.54, 1.807) is 17.1 Å². The second kappa shape index (κ2) is 11.7. The normalized spacial score (nSPS) is 12.3. The van der Waals surface area contributed by atoms with Gasteiger partial charge in [-0.2, -0.15) is 5.10 Å². The lowest BCUT2D eigenvalue weighted by molar-refractivity contribution is 0.0523.